The first-order valence-electron chi connectivity index (χ1n) is 9.11. The third-order valence-corrected chi connectivity index (χ3v) is 4.39. The van der Waals surface area contributed by atoms with Gasteiger partial charge in [-0.05, 0) is 31.0 Å². The Bertz CT molecular complexity index is 704. The zero-order valence-corrected chi connectivity index (χ0v) is 15.3. The van der Waals surface area contributed by atoms with E-state index in [-0.39, 0.29) is 5.95 Å². The maximum atomic E-state index is 5.94. The molecular weight excluding hydrogens is 330 g/mol. The zero-order valence-electron chi connectivity index (χ0n) is 15.3. The molecule has 0 unspecified atom stereocenters. The summed E-state index contributed by atoms with van der Waals surface area (Å²) in [6, 6.07) is 7.94. The molecule has 0 amide bonds. The molecule has 2 aromatic rings. The minimum atomic E-state index is 0.264. The quantitative estimate of drug-likeness (QED) is 0.711. The Morgan fingerprint density at radius 2 is 1.73 bits per heavy atom. The fourth-order valence-corrected chi connectivity index (χ4v) is 3.17. The number of rotatable bonds is 9. The number of nitrogen functional groups attached to an aromatic ring is 1. The second kappa shape index (κ2) is 9.56. The molecule has 3 rings (SSSR count). The summed E-state index contributed by atoms with van der Waals surface area (Å²) in [6.45, 7) is 2.25. The number of aromatic nitrogens is 3. The van der Waals surface area contributed by atoms with Crippen molar-refractivity contribution in [3.05, 3.63) is 47.0 Å². The van der Waals surface area contributed by atoms with E-state index in [1.807, 2.05) is 24.3 Å². The lowest BCUT2D eigenvalue weighted by molar-refractivity contribution is 0.0437. The summed E-state index contributed by atoms with van der Waals surface area (Å²) >= 11 is 0. The van der Waals surface area contributed by atoms with E-state index in [0.29, 0.717) is 32.4 Å². The zero-order chi connectivity index (χ0) is 18.2. The average Bonchev–Trinajstić information content (AvgIpc) is 3.14. The highest BCUT2D eigenvalue weighted by Crippen LogP contribution is 2.21. The van der Waals surface area contributed by atoms with E-state index in [1.54, 1.807) is 7.11 Å². The summed E-state index contributed by atoms with van der Waals surface area (Å²) in [5, 5.41) is 3.35. The van der Waals surface area contributed by atoms with Crippen LogP contribution in [0.15, 0.2) is 24.3 Å². The van der Waals surface area contributed by atoms with Crippen LogP contribution in [-0.2, 0) is 35.8 Å². The van der Waals surface area contributed by atoms with Crippen LogP contribution in [0.4, 0.5) is 5.95 Å². The maximum absolute atomic E-state index is 5.94. The van der Waals surface area contributed by atoms with Crippen molar-refractivity contribution in [3.8, 4) is 0 Å². The number of ether oxygens (including phenoxy) is 2. The number of nitrogens with zero attached hydrogens (tertiary/aromatic N) is 3. The van der Waals surface area contributed by atoms with Gasteiger partial charge in [0.25, 0.3) is 0 Å². The van der Waals surface area contributed by atoms with Crippen LogP contribution in [0.2, 0.25) is 0 Å². The number of pyridine rings is 1. The standard InChI is InChI=1S/C19H27N5O2/c1-25-12-17-9-16(23-19(20)24-17)11-21-10-14-5-4-6-15(22-14)13-26-18-7-2-3-8-18/h4-6,9,18,21H,2-3,7-8,10-13H2,1H3,(H2,20,23,24). The van der Waals surface area contributed by atoms with E-state index in [9.17, 15) is 0 Å². The van der Waals surface area contributed by atoms with Gasteiger partial charge in [0, 0.05) is 20.2 Å². The number of hydrogen-bond donors (Lipinski definition) is 2. The van der Waals surface area contributed by atoms with E-state index >= 15 is 0 Å². The fourth-order valence-electron chi connectivity index (χ4n) is 3.17. The third kappa shape index (κ3) is 5.72. The van der Waals surface area contributed by atoms with Crippen LogP contribution in [0, 0.1) is 0 Å². The molecule has 26 heavy (non-hydrogen) atoms. The highest BCUT2D eigenvalue weighted by molar-refractivity contribution is 5.22. The molecule has 140 valence electrons. The Hall–Kier alpha value is -2.09. The van der Waals surface area contributed by atoms with Crippen LogP contribution in [0.25, 0.3) is 0 Å². The Labute approximate surface area is 154 Å². The molecule has 1 saturated carbocycles. The SMILES string of the molecule is COCc1cc(CNCc2cccc(COC3CCCC3)n2)nc(N)n1. The van der Waals surface area contributed by atoms with E-state index < -0.39 is 0 Å². The van der Waals surface area contributed by atoms with Gasteiger partial charge in [0.05, 0.1) is 42.1 Å². The fraction of sp³-hybridized carbons (Fsp3) is 0.526. The summed E-state index contributed by atoms with van der Waals surface area (Å²) in [7, 11) is 1.63. The van der Waals surface area contributed by atoms with Crippen molar-refractivity contribution in [1.29, 1.82) is 0 Å². The van der Waals surface area contributed by atoms with Gasteiger partial charge >= 0.3 is 0 Å². The highest BCUT2D eigenvalue weighted by Gasteiger charge is 2.15. The van der Waals surface area contributed by atoms with E-state index in [0.717, 1.165) is 22.8 Å². The Kier molecular flexibility index (Phi) is 6.88. The summed E-state index contributed by atoms with van der Waals surface area (Å²) < 4.78 is 11.0. The van der Waals surface area contributed by atoms with E-state index in [4.69, 9.17) is 15.2 Å². The molecule has 0 radical (unpaired) electrons. The summed E-state index contributed by atoms with van der Waals surface area (Å²) in [6.07, 6.45) is 5.31. The Morgan fingerprint density at radius 1 is 1.00 bits per heavy atom. The van der Waals surface area contributed by atoms with Gasteiger partial charge < -0.3 is 20.5 Å². The predicted octanol–water partition coefficient (Wildman–Crippen LogP) is 2.35. The summed E-state index contributed by atoms with van der Waals surface area (Å²) in [4.78, 5) is 13.1. The molecular formula is C19H27N5O2. The van der Waals surface area contributed by atoms with Crippen molar-refractivity contribution in [2.75, 3.05) is 12.8 Å². The molecule has 0 aromatic carbocycles. The van der Waals surface area contributed by atoms with Crippen molar-refractivity contribution in [2.24, 2.45) is 0 Å². The minimum Gasteiger partial charge on any atom is -0.378 e. The van der Waals surface area contributed by atoms with Gasteiger partial charge in [-0.15, -0.1) is 0 Å². The lowest BCUT2D eigenvalue weighted by Gasteiger charge is -2.11. The molecule has 1 aliphatic rings. The lowest BCUT2D eigenvalue weighted by atomic mass is 10.2. The van der Waals surface area contributed by atoms with Crippen LogP contribution in [-0.4, -0.2) is 28.2 Å². The molecule has 7 heteroatoms. The molecule has 0 spiro atoms. The van der Waals surface area contributed by atoms with Crippen molar-refractivity contribution in [2.45, 2.75) is 58.1 Å². The number of nitrogens with two attached hydrogens (primary N) is 1. The number of nitrogens with one attached hydrogen (secondary N) is 1. The smallest absolute Gasteiger partial charge is 0.220 e. The van der Waals surface area contributed by atoms with Gasteiger partial charge in [0.15, 0.2) is 0 Å². The van der Waals surface area contributed by atoms with Gasteiger partial charge in [0.2, 0.25) is 5.95 Å². The molecule has 0 atom stereocenters. The number of anilines is 1. The molecule has 0 saturated heterocycles. The Morgan fingerprint density at radius 3 is 2.54 bits per heavy atom. The molecule has 2 heterocycles. The van der Waals surface area contributed by atoms with Crippen LogP contribution >= 0.6 is 0 Å². The largest absolute Gasteiger partial charge is 0.378 e. The maximum Gasteiger partial charge on any atom is 0.220 e. The highest BCUT2D eigenvalue weighted by atomic mass is 16.5. The topological polar surface area (TPSA) is 95.2 Å². The molecule has 1 aliphatic carbocycles. The first kappa shape index (κ1) is 18.7. The van der Waals surface area contributed by atoms with Crippen molar-refractivity contribution in [3.63, 3.8) is 0 Å². The van der Waals surface area contributed by atoms with Gasteiger partial charge in [-0.3, -0.25) is 4.98 Å². The summed E-state index contributed by atoms with van der Waals surface area (Å²) in [5.74, 6) is 0.264. The molecule has 7 nitrogen and oxygen atoms in total. The second-order valence-electron chi connectivity index (χ2n) is 6.58. The first-order chi connectivity index (χ1) is 12.7. The van der Waals surface area contributed by atoms with Crippen LogP contribution in [0.5, 0.6) is 0 Å². The van der Waals surface area contributed by atoms with Crippen molar-refractivity contribution >= 4 is 5.95 Å². The monoisotopic (exact) mass is 357 g/mol. The van der Waals surface area contributed by atoms with E-state index in [2.05, 4.69) is 20.3 Å². The van der Waals surface area contributed by atoms with Crippen molar-refractivity contribution < 1.29 is 9.47 Å². The Balaban J connectivity index is 1.49. The number of hydrogen-bond acceptors (Lipinski definition) is 7. The van der Waals surface area contributed by atoms with Gasteiger partial charge in [-0.1, -0.05) is 18.9 Å². The number of methoxy groups -OCH3 is 1. The molecule has 1 fully saturated rings. The second-order valence-corrected chi connectivity index (χ2v) is 6.58. The molecule has 0 bridgehead atoms. The minimum absolute atomic E-state index is 0.264. The molecule has 2 aromatic heterocycles. The van der Waals surface area contributed by atoms with Crippen molar-refractivity contribution in [1.82, 2.24) is 20.3 Å². The predicted molar refractivity (Wildman–Crippen MR) is 99.0 cm³/mol. The summed E-state index contributed by atoms with van der Waals surface area (Å²) in [5.41, 5.74) is 9.32. The lowest BCUT2D eigenvalue weighted by Crippen LogP contribution is -2.16. The van der Waals surface area contributed by atoms with Gasteiger partial charge in [-0.2, -0.15) is 0 Å². The van der Waals surface area contributed by atoms with Gasteiger partial charge in [0.1, 0.15) is 0 Å². The van der Waals surface area contributed by atoms with Crippen LogP contribution < -0.4 is 11.1 Å². The first-order valence-corrected chi connectivity index (χ1v) is 9.11. The third-order valence-electron chi connectivity index (χ3n) is 4.39. The van der Waals surface area contributed by atoms with Crippen LogP contribution in [0.1, 0.15) is 48.5 Å². The molecule has 0 aliphatic heterocycles. The van der Waals surface area contributed by atoms with Crippen LogP contribution in [0.3, 0.4) is 0 Å². The van der Waals surface area contributed by atoms with E-state index in [1.165, 1.54) is 25.7 Å². The normalized spacial score (nSPS) is 14.8. The average molecular weight is 357 g/mol. The van der Waals surface area contributed by atoms with Gasteiger partial charge in [-0.25, -0.2) is 9.97 Å². The molecule has 3 N–H and O–H groups in total.